The number of alkyl halides is 3. The van der Waals surface area contributed by atoms with Crippen LogP contribution in [0.5, 0.6) is 11.5 Å². The highest BCUT2D eigenvalue weighted by Crippen LogP contribution is 2.46. The van der Waals surface area contributed by atoms with Gasteiger partial charge in [-0.05, 0) is 49.4 Å². The predicted molar refractivity (Wildman–Crippen MR) is 135 cm³/mol. The van der Waals surface area contributed by atoms with E-state index in [1.165, 1.54) is 44.5 Å². The lowest BCUT2D eigenvalue weighted by Crippen LogP contribution is -2.40. The monoisotopic (exact) mass is 557 g/mol. The maximum absolute atomic E-state index is 14.4. The summed E-state index contributed by atoms with van der Waals surface area (Å²) in [4.78, 5) is 29.5. The molecule has 40 heavy (non-hydrogen) atoms. The Bertz CT molecular complexity index is 1620. The molecule has 208 valence electrons. The van der Waals surface area contributed by atoms with Crippen LogP contribution in [0.15, 0.2) is 48.7 Å². The molecule has 0 radical (unpaired) electrons. The second kappa shape index (κ2) is 9.81. The number of aromatic amines is 1. The molecule has 0 saturated carbocycles. The summed E-state index contributed by atoms with van der Waals surface area (Å²) in [6, 6.07) is 8.92. The molecule has 4 aromatic rings. The Labute approximate surface area is 224 Å². The largest absolute Gasteiger partial charge is 0.494 e. The molecule has 0 aliphatic carbocycles. The van der Waals surface area contributed by atoms with Gasteiger partial charge in [0.15, 0.2) is 0 Å². The lowest BCUT2D eigenvalue weighted by Gasteiger charge is -2.24. The minimum atomic E-state index is -4.84. The van der Waals surface area contributed by atoms with Gasteiger partial charge in [0.2, 0.25) is 5.91 Å². The topological polar surface area (TPSA) is 132 Å². The van der Waals surface area contributed by atoms with Gasteiger partial charge in [-0.25, -0.2) is 9.37 Å². The lowest BCUT2D eigenvalue weighted by atomic mass is 9.82. The third-order valence-electron chi connectivity index (χ3n) is 6.97. The van der Waals surface area contributed by atoms with E-state index < -0.39 is 47.4 Å². The maximum atomic E-state index is 14.4. The number of benzene rings is 2. The molecule has 5 rings (SSSR count). The van der Waals surface area contributed by atoms with Crippen LogP contribution in [0.1, 0.15) is 34.5 Å². The van der Waals surface area contributed by atoms with Gasteiger partial charge in [-0.1, -0.05) is 0 Å². The highest BCUT2D eigenvalue weighted by molar-refractivity contribution is 5.99. The number of aromatic nitrogens is 3. The van der Waals surface area contributed by atoms with E-state index in [1.54, 1.807) is 0 Å². The van der Waals surface area contributed by atoms with E-state index in [0.717, 1.165) is 18.2 Å². The number of methoxy groups -OCH3 is 1. The first-order valence-corrected chi connectivity index (χ1v) is 12.0. The lowest BCUT2D eigenvalue weighted by molar-refractivity contribution is -0.149. The van der Waals surface area contributed by atoms with Crippen molar-refractivity contribution in [3.8, 4) is 22.8 Å². The molecule has 0 saturated heterocycles. The van der Waals surface area contributed by atoms with Crippen LogP contribution < -0.4 is 20.5 Å². The van der Waals surface area contributed by atoms with E-state index in [0.29, 0.717) is 16.7 Å². The summed E-state index contributed by atoms with van der Waals surface area (Å²) in [5.74, 6) is -4.02. The number of H-pyrrole nitrogens is 1. The highest BCUT2D eigenvalue weighted by atomic mass is 19.4. The molecule has 0 fully saturated rings. The molecular weight excluding hydrogens is 534 g/mol. The Hall–Kier alpha value is -4.68. The number of carbonyl (C=O) groups is 2. The van der Waals surface area contributed by atoms with Gasteiger partial charge in [0.25, 0.3) is 5.91 Å². The van der Waals surface area contributed by atoms with E-state index >= 15 is 0 Å². The summed E-state index contributed by atoms with van der Waals surface area (Å²) in [5.41, 5.74) is 4.69. The van der Waals surface area contributed by atoms with Gasteiger partial charge in [-0.15, -0.1) is 0 Å². The van der Waals surface area contributed by atoms with E-state index in [4.69, 9.17) is 15.2 Å². The fraction of sp³-hybridized carbons (Fsp3) is 0.259. The first kappa shape index (κ1) is 26.9. The smallest absolute Gasteiger partial charge is 0.398 e. The van der Waals surface area contributed by atoms with Gasteiger partial charge in [-0.3, -0.25) is 14.7 Å². The van der Waals surface area contributed by atoms with Gasteiger partial charge in [0.05, 0.1) is 19.0 Å². The van der Waals surface area contributed by atoms with Gasteiger partial charge >= 0.3 is 6.18 Å². The van der Waals surface area contributed by atoms with Crippen LogP contribution in [-0.4, -0.2) is 53.4 Å². The van der Waals surface area contributed by atoms with Crippen LogP contribution in [0.4, 0.5) is 17.6 Å². The normalized spacial score (nSPS) is 17.2. The van der Waals surface area contributed by atoms with E-state index in [9.17, 15) is 27.2 Å². The van der Waals surface area contributed by atoms with E-state index in [2.05, 4.69) is 20.5 Å². The number of ether oxygens (including phenoxy) is 2. The number of hydrogen-bond donors (Lipinski definition) is 3. The second-order valence-electron chi connectivity index (χ2n) is 9.58. The Morgan fingerprint density at radius 2 is 1.95 bits per heavy atom. The van der Waals surface area contributed by atoms with Gasteiger partial charge in [0, 0.05) is 28.6 Å². The molecule has 4 N–H and O–H groups in total. The van der Waals surface area contributed by atoms with Crippen molar-refractivity contribution >= 4 is 22.7 Å². The number of pyridine rings is 1. The van der Waals surface area contributed by atoms with Gasteiger partial charge in [-0.2, -0.15) is 18.3 Å². The molecule has 0 unspecified atom stereocenters. The number of hydrogen-bond acceptors (Lipinski definition) is 6. The summed E-state index contributed by atoms with van der Waals surface area (Å²) in [6.45, 7) is 0.392. The molecule has 0 spiro atoms. The predicted octanol–water partition coefficient (Wildman–Crippen LogP) is 3.98. The summed E-state index contributed by atoms with van der Waals surface area (Å²) in [5, 5.41) is 9.48. The summed E-state index contributed by atoms with van der Waals surface area (Å²) >= 11 is 0. The Kier molecular flexibility index (Phi) is 6.60. The first-order valence-electron chi connectivity index (χ1n) is 12.0. The first-order chi connectivity index (χ1) is 18.9. The molecule has 0 bridgehead atoms. The summed E-state index contributed by atoms with van der Waals surface area (Å²) < 4.78 is 67.8. The number of halogens is 4. The number of rotatable bonds is 7. The van der Waals surface area contributed by atoms with Crippen molar-refractivity contribution < 1.29 is 36.6 Å². The fourth-order valence-corrected chi connectivity index (χ4v) is 4.59. The third-order valence-corrected chi connectivity index (χ3v) is 6.97. The number of carbonyl (C=O) groups excluding carboxylic acids is 2. The van der Waals surface area contributed by atoms with Crippen molar-refractivity contribution in [1.82, 2.24) is 20.5 Å². The average Bonchev–Trinajstić information content (AvgIpc) is 3.53. The zero-order valence-corrected chi connectivity index (χ0v) is 21.2. The molecule has 2 amide bonds. The van der Waals surface area contributed by atoms with Crippen molar-refractivity contribution in [2.45, 2.75) is 24.4 Å². The summed E-state index contributed by atoms with van der Waals surface area (Å²) in [6.07, 6.45) is -3.39. The van der Waals surface area contributed by atoms with Crippen LogP contribution in [-0.2, 0) is 10.2 Å². The summed E-state index contributed by atoms with van der Waals surface area (Å²) in [7, 11) is 1.39. The van der Waals surface area contributed by atoms with Crippen LogP contribution >= 0.6 is 0 Å². The fourth-order valence-electron chi connectivity index (χ4n) is 4.59. The number of fused-ring (bicyclic) bond motifs is 2. The van der Waals surface area contributed by atoms with Crippen LogP contribution in [0, 0.1) is 5.82 Å². The Morgan fingerprint density at radius 1 is 1.23 bits per heavy atom. The number of amides is 2. The van der Waals surface area contributed by atoms with Crippen molar-refractivity contribution in [3.05, 3.63) is 71.3 Å². The van der Waals surface area contributed by atoms with Gasteiger partial charge in [0.1, 0.15) is 46.5 Å². The minimum absolute atomic E-state index is 0.00630. The molecule has 1 aliphatic rings. The van der Waals surface area contributed by atoms with Crippen molar-refractivity contribution in [2.24, 2.45) is 5.73 Å². The van der Waals surface area contributed by atoms with Crippen LogP contribution in [0.25, 0.3) is 22.2 Å². The molecule has 2 aromatic heterocycles. The quantitative estimate of drug-likeness (QED) is 0.295. The molecule has 1 aliphatic heterocycles. The standard InChI is InChI=1S/C27H23F4N5O4/c1-26(25(32)38)12-40-23-17(26)9-19(35-22(23)13-3-5-16(28)6-4-13)18(27(29,30)31)11-33-24(37)14-7-15-10-34-36-21(15)20(8-14)39-2/h3-10,18H,11-12H2,1-2H3,(H2,32,38)(H,33,37)(H,34,36)/t18-,26+/m1/s1. The number of nitrogens with one attached hydrogen (secondary N) is 2. The molecule has 9 nitrogen and oxygen atoms in total. The Balaban J connectivity index is 1.54. The number of nitrogens with zero attached hydrogens (tertiary/aromatic N) is 2. The number of primary amides is 1. The van der Waals surface area contributed by atoms with Gasteiger partial charge < -0.3 is 20.5 Å². The van der Waals surface area contributed by atoms with E-state index in [1.807, 2.05) is 0 Å². The van der Waals surface area contributed by atoms with Crippen molar-refractivity contribution in [3.63, 3.8) is 0 Å². The molecule has 2 aromatic carbocycles. The van der Waals surface area contributed by atoms with Crippen molar-refractivity contribution in [2.75, 3.05) is 20.3 Å². The van der Waals surface area contributed by atoms with Crippen LogP contribution in [0.2, 0.25) is 0 Å². The minimum Gasteiger partial charge on any atom is -0.494 e. The SMILES string of the molecule is COc1cc(C(=O)NC[C@H](c2cc3c(c(-c4ccc(F)cc4)n2)OC[C@]3(C)C(N)=O)C(F)(F)F)cc2cn[nH]c12. The molecule has 13 heteroatoms. The Morgan fingerprint density at radius 3 is 2.60 bits per heavy atom. The van der Waals surface area contributed by atoms with E-state index in [-0.39, 0.29) is 34.7 Å². The van der Waals surface area contributed by atoms with Crippen LogP contribution in [0.3, 0.4) is 0 Å². The molecule has 3 heterocycles. The second-order valence-corrected chi connectivity index (χ2v) is 9.58. The number of nitrogens with two attached hydrogens (primary N) is 1. The zero-order valence-electron chi connectivity index (χ0n) is 21.2. The van der Waals surface area contributed by atoms with Crippen molar-refractivity contribution in [1.29, 1.82) is 0 Å². The third kappa shape index (κ3) is 4.67. The maximum Gasteiger partial charge on any atom is 0.398 e. The molecule has 2 atom stereocenters. The average molecular weight is 558 g/mol. The zero-order chi connectivity index (χ0) is 28.8. The molecular formula is C27H23F4N5O4. The highest BCUT2D eigenvalue weighted by Gasteiger charge is 2.47.